The summed E-state index contributed by atoms with van der Waals surface area (Å²) in [6.07, 6.45) is 1.35. The molecule has 7 nitrogen and oxygen atoms in total. The predicted octanol–water partition coefficient (Wildman–Crippen LogP) is 2.59. The van der Waals surface area contributed by atoms with Gasteiger partial charge in [0.2, 0.25) is 5.91 Å². The van der Waals surface area contributed by atoms with Gasteiger partial charge in [0.1, 0.15) is 18.1 Å². The molecular weight excluding hydrogens is 409 g/mol. The lowest BCUT2D eigenvalue weighted by molar-refractivity contribution is -0.119. The topological polar surface area (TPSA) is 79.0 Å². The molecule has 1 amide bonds. The second kappa shape index (κ2) is 10.9. The molecule has 0 saturated carbocycles. The van der Waals surface area contributed by atoms with E-state index >= 15 is 0 Å². The largest absolute Gasteiger partial charge is 0.494 e. The van der Waals surface area contributed by atoms with E-state index in [2.05, 4.69) is 5.32 Å². The van der Waals surface area contributed by atoms with Gasteiger partial charge in [0.05, 0.1) is 12.3 Å². The number of nitrogens with zero attached hydrogens (tertiary/aromatic N) is 2. The van der Waals surface area contributed by atoms with Gasteiger partial charge >= 0.3 is 10.2 Å². The predicted molar refractivity (Wildman–Crippen MR) is 115 cm³/mol. The number of rotatable bonds is 11. The van der Waals surface area contributed by atoms with E-state index in [1.165, 1.54) is 32.3 Å². The maximum atomic E-state index is 14.2. The molecule has 2 aromatic rings. The molecular formula is C21H28FN3O4S. The molecule has 1 N–H and O–H groups in total. The molecule has 0 aliphatic heterocycles. The molecule has 0 spiro atoms. The Morgan fingerprint density at radius 3 is 2.43 bits per heavy atom. The lowest BCUT2D eigenvalue weighted by atomic mass is 10.1. The lowest BCUT2D eigenvalue weighted by Gasteiger charge is -2.27. The maximum Gasteiger partial charge on any atom is 0.304 e. The number of ether oxygens (including phenoxy) is 1. The van der Waals surface area contributed by atoms with Crippen LogP contribution in [0.4, 0.5) is 10.1 Å². The third kappa shape index (κ3) is 6.17. The van der Waals surface area contributed by atoms with Crippen LogP contribution in [-0.4, -0.2) is 52.4 Å². The van der Waals surface area contributed by atoms with Crippen LogP contribution in [0.15, 0.2) is 48.5 Å². The molecule has 0 aliphatic carbocycles. The molecule has 0 bridgehead atoms. The van der Waals surface area contributed by atoms with Crippen molar-refractivity contribution >= 4 is 21.8 Å². The highest BCUT2D eigenvalue weighted by Crippen LogP contribution is 2.23. The number of aryl methyl sites for hydroxylation is 1. The molecule has 0 fully saturated rings. The van der Waals surface area contributed by atoms with Gasteiger partial charge in [0.15, 0.2) is 0 Å². The smallest absolute Gasteiger partial charge is 0.304 e. The van der Waals surface area contributed by atoms with E-state index < -0.39 is 28.5 Å². The molecule has 0 heterocycles. The summed E-state index contributed by atoms with van der Waals surface area (Å²) < 4.78 is 46.8. The Kier molecular flexibility index (Phi) is 8.61. The minimum Gasteiger partial charge on any atom is -0.494 e. The van der Waals surface area contributed by atoms with Crippen LogP contribution in [0.3, 0.4) is 0 Å². The number of carbonyl (C=O) groups excluding carboxylic acids is 1. The fourth-order valence-corrected chi connectivity index (χ4v) is 3.91. The fraction of sp³-hybridized carbons (Fsp3) is 0.381. The van der Waals surface area contributed by atoms with Gasteiger partial charge in [-0.15, -0.1) is 0 Å². The highest BCUT2D eigenvalue weighted by atomic mass is 32.2. The summed E-state index contributed by atoms with van der Waals surface area (Å²) >= 11 is 0. The third-order valence-corrected chi connectivity index (χ3v) is 6.17. The van der Waals surface area contributed by atoms with Gasteiger partial charge in [-0.3, -0.25) is 4.79 Å². The number of anilines is 1. The average Bonchev–Trinajstić information content (AvgIpc) is 2.71. The van der Waals surface area contributed by atoms with Gasteiger partial charge < -0.3 is 10.1 Å². The van der Waals surface area contributed by atoms with Gasteiger partial charge in [0.25, 0.3) is 0 Å². The fourth-order valence-electron chi connectivity index (χ4n) is 2.84. The van der Waals surface area contributed by atoms with Crippen LogP contribution in [0.1, 0.15) is 18.9 Å². The van der Waals surface area contributed by atoms with Crippen LogP contribution in [0, 0.1) is 5.82 Å². The molecule has 0 aliphatic rings. The standard InChI is InChI=1S/C21H28FN3O4S/c1-4-29-20-14-8-5-10-17(20)11-9-15-23-21(26)16-25(30(27,28)24(2)3)19-13-7-6-12-18(19)22/h5-8,10,12-14H,4,9,11,15-16H2,1-3H3,(H,23,26). The number of benzene rings is 2. The Hall–Kier alpha value is -2.65. The van der Waals surface area contributed by atoms with Crippen molar-refractivity contribution in [2.24, 2.45) is 0 Å². The second-order valence-corrected chi connectivity index (χ2v) is 8.81. The minimum atomic E-state index is -4.05. The number of amides is 1. The maximum absolute atomic E-state index is 14.2. The molecule has 0 unspecified atom stereocenters. The molecule has 0 aromatic heterocycles. The molecule has 0 atom stereocenters. The van der Waals surface area contributed by atoms with E-state index in [-0.39, 0.29) is 5.69 Å². The Labute approximate surface area is 177 Å². The van der Waals surface area contributed by atoms with Crippen LogP contribution in [0.5, 0.6) is 5.75 Å². The molecule has 30 heavy (non-hydrogen) atoms. The Morgan fingerprint density at radius 1 is 1.10 bits per heavy atom. The van der Waals surface area contributed by atoms with E-state index in [4.69, 9.17) is 4.74 Å². The van der Waals surface area contributed by atoms with Gasteiger partial charge in [-0.25, -0.2) is 8.70 Å². The zero-order valence-electron chi connectivity index (χ0n) is 17.5. The average molecular weight is 438 g/mol. The summed E-state index contributed by atoms with van der Waals surface area (Å²) in [5, 5.41) is 2.71. The molecule has 9 heteroatoms. The van der Waals surface area contributed by atoms with Crippen LogP contribution in [-0.2, 0) is 21.4 Å². The number of halogens is 1. The monoisotopic (exact) mass is 437 g/mol. The van der Waals surface area contributed by atoms with Crippen molar-refractivity contribution in [3.05, 3.63) is 59.9 Å². The first-order valence-electron chi connectivity index (χ1n) is 9.69. The summed E-state index contributed by atoms with van der Waals surface area (Å²) in [7, 11) is -1.39. The summed E-state index contributed by atoms with van der Waals surface area (Å²) in [4.78, 5) is 12.4. The normalized spacial score (nSPS) is 11.4. The summed E-state index contributed by atoms with van der Waals surface area (Å²) in [5.41, 5.74) is 0.865. The molecule has 0 radical (unpaired) electrons. The molecule has 2 rings (SSSR count). The van der Waals surface area contributed by atoms with Crippen LogP contribution in [0.25, 0.3) is 0 Å². The van der Waals surface area contributed by atoms with Gasteiger partial charge in [0, 0.05) is 20.6 Å². The van der Waals surface area contributed by atoms with Crippen LogP contribution < -0.4 is 14.4 Å². The van der Waals surface area contributed by atoms with Gasteiger partial charge in [-0.05, 0) is 43.5 Å². The van der Waals surface area contributed by atoms with Crippen molar-refractivity contribution in [2.75, 3.05) is 38.1 Å². The quantitative estimate of drug-likeness (QED) is 0.548. The van der Waals surface area contributed by atoms with Crippen LogP contribution >= 0.6 is 0 Å². The Morgan fingerprint density at radius 2 is 1.77 bits per heavy atom. The van der Waals surface area contributed by atoms with E-state index in [1.807, 2.05) is 31.2 Å². The number of hydrogen-bond acceptors (Lipinski definition) is 4. The Bertz CT molecular complexity index is 951. The zero-order chi connectivity index (χ0) is 22.1. The number of nitrogens with one attached hydrogen (secondary N) is 1. The number of carbonyl (C=O) groups is 1. The first kappa shape index (κ1) is 23.6. The van der Waals surface area contributed by atoms with Gasteiger partial charge in [-0.2, -0.15) is 12.7 Å². The van der Waals surface area contributed by atoms with Crippen molar-refractivity contribution in [1.29, 1.82) is 0 Å². The zero-order valence-corrected chi connectivity index (χ0v) is 18.3. The molecule has 0 saturated heterocycles. The van der Waals surface area contributed by atoms with E-state index in [0.29, 0.717) is 26.0 Å². The highest BCUT2D eigenvalue weighted by molar-refractivity contribution is 7.90. The molecule has 164 valence electrons. The van der Waals surface area contributed by atoms with Crippen LogP contribution in [0.2, 0.25) is 0 Å². The van der Waals surface area contributed by atoms with Gasteiger partial charge in [-0.1, -0.05) is 30.3 Å². The first-order valence-corrected chi connectivity index (χ1v) is 11.1. The summed E-state index contributed by atoms with van der Waals surface area (Å²) in [5.74, 6) is -0.417. The Balaban J connectivity index is 1.99. The second-order valence-electron chi connectivity index (χ2n) is 6.74. The minimum absolute atomic E-state index is 0.174. The lowest BCUT2D eigenvalue weighted by Crippen LogP contribution is -2.46. The van der Waals surface area contributed by atoms with Crippen molar-refractivity contribution in [3.63, 3.8) is 0 Å². The summed E-state index contributed by atoms with van der Waals surface area (Å²) in [6, 6.07) is 13.2. The van der Waals surface area contributed by atoms with Crippen molar-refractivity contribution < 1.29 is 22.3 Å². The summed E-state index contributed by atoms with van der Waals surface area (Å²) in [6.45, 7) is 2.32. The first-order chi connectivity index (χ1) is 14.3. The SMILES string of the molecule is CCOc1ccccc1CCCNC(=O)CN(c1ccccc1F)S(=O)(=O)N(C)C. The van der Waals surface area contributed by atoms with E-state index in [9.17, 15) is 17.6 Å². The number of para-hydroxylation sites is 2. The van der Waals surface area contributed by atoms with Crippen molar-refractivity contribution in [2.45, 2.75) is 19.8 Å². The highest BCUT2D eigenvalue weighted by Gasteiger charge is 2.29. The molecule has 2 aromatic carbocycles. The number of hydrogen-bond donors (Lipinski definition) is 1. The third-order valence-electron chi connectivity index (χ3n) is 4.37. The van der Waals surface area contributed by atoms with E-state index in [1.54, 1.807) is 0 Å². The van der Waals surface area contributed by atoms with Crippen molar-refractivity contribution in [1.82, 2.24) is 9.62 Å². The van der Waals surface area contributed by atoms with E-state index in [0.717, 1.165) is 26.0 Å². The van der Waals surface area contributed by atoms with Crippen molar-refractivity contribution in [3.8, 4) is 5.75 Å².